The maximum atomic E-state index is 12.5. The van der Waals surface area contributed by atoms with Crippen LogP contribution in [0.25, 0.3) is 0 Å². The van der Waals surface area contributed by atoms with Crippen LogP contribution < -0.4 is 5.32 Å². The largest absolute Gasteiger partial charge is 0.444 e. The molecular formula is C17H27N3O2. The molecule has 1 aromatic rings. The molecule has 0 bridgehead atoms. The lowest BCUT2D eigenvalue weighted by Crippen LogP contribution is -2.41. The minimum Gasteiger partial charge on any atom is -0.444 e. The molecule has 1 amide bonds. The molecule has 0 unspecified atom stereocenters. The molecule has 5 nitrogen and oxygen atoms in total. The molecule has 2 heterocycles. The Kier molecular flexibility index (Phi) is 4.94. The van der Waals surface area contributed by atoms with Crippen molar-refractivity contribution in [3.05, 3.63) is 23.4 Å². The summed E-state index contributed by atoms with van der Waals surface area (Å²) >= 11 is 0. The highest BCUT2D eigenvalue weighted by Gasteiger charge is 2.31. The number of ether oxygens (including phenoxy) is 1. The van der Waals surface area contributed by atoms with Crippen molar-refractivity contribution in [1.29, 1.82) is 0 Å². The number of hydrogen-bond acceptors (Lipinski definition) is 4. The van der Waals surface area contributed by atoms with Gasteiger partial charge < -0.3 is 15.0 Å². The Morgan fingerprint density at radius 3 is 2.73 bits per heavy atom. The van der Waals surface area contributed by atoms with Crippen molar-refractivity contribution in [2.75, 3.05) is 18.9 Å². The molecule has 1 aromatic heterocycles. The van der Waals surface area contributed by atoms with Crippen LogP contribution in [-0.4, -0.2) is 35.2 Å². The first-order chi connectivity index (χ1) is 10.3. The molecule has 1 N–H and O–H groups in total. The highest BCUT2D eigenvalue weighted by atomic mass is 16.6. The molecular weight excluding hydrogens is 278 g/mol. The zero-order valence-corrected chi connectivity index (χ0v) is 14.3. The molecule has 5 heteroatoms. The van der Waals surface area contributed by atoms with Crippen LogP contribution in [-0.2, 0) is 4.74 Å². The number of rotatable bonds is 2. The minimum atomic E-state index is -0.469. The first-order valence-corrected chi connectivity index (χ1v) is 7.96. The van der Waals surface area contributed by atoms with E-state index in [0.29, 0.717) is 0 Å². The van der Waals surface area contributed by atoms with E-state index in [2.05, 4.69) is 16.4 Å². The summed E-state index contributed by atoms with van der Waals surface area (Å²) in [6, 6.07) is 2.17. The molecule has 0 saturated carbocycles. The molecule has 0 spiro atoms. The average Bonchev–Trinajstić information content (AvgIpc) is 2.45. The topological polar surface area (TPSA) is 54.5 Å². The molecule has 1 saturated heterocycles. The third kappa shape index (κ3) is 3.90. The number of anilines is 1. The SMILES string of the molecule is CNc1ncc([C@H]2CCCCN2C(=O)OC(C)(C)C)cc1C. The molecule has 122 valence electrons. The quantitative estimate of drug-likeness (QED) is 0.900. The fraction of sp³-hybridized carbons (Fsp3) is 0.647. The highest BCUT2D eigenvalue weighted by molar-refractivity contribution is 5.69. The van der Waals surface area contributed by atoms with Gasteiger partial charge >= 0.3 is 6.09 Å². The van der Waals surface area contributed by atoms with Gasteiger partial charge in [0.05, 0.1) is 6.04 Å². The molecule has 1 aliphatic rings. The maximum absolute atomic E-state index is 12.5. The standard InChI is InChI=1S/C17H27N3O2/c1-12-10-13(11-19-15(12)18-5)14-8-6-7-9-20(14)16(21)22-17(2,3)4/h10-11,14H,6-9H2,1-5H3,(H,18,19)/t14-/m1/s1. The van der Waals surface area contributed by atoms with E-state index in [1.165, 1.54) is 0 Å². The summed E-state index contributed by atoms with van der Waals surface area (Å²) in [5.74, 6) is 0.878. The Morgan fingerprint density at radius 2 is 2.14 bits per heavy atom. The van der Waals surface area contributed by atoms with Gasteiger partial charge in [-0.2, -0.15) is 0 Å². The second kappa shape index (κ2) is 6.55. The number of pyridine rings is 1. The molecule has 1 aliphatic heterocycles. The Labute approximate surface area is 133 Å². The summed E-state index contributed by atoms with van der Waals surface area (Å²) in [6.45, 7) is 8.47. The van der Waals surface area contributed by atoms with E-state index in [1.54, 1.807) is 0 Å². The van der Waals surface area contributed by atoms with Gasteiger partial charge in [-0.15, -0.1) is 0 Å². The fourth-order valence-corrected chi connectivity index (χ4v) is 2.86. The smallest absolute Gasteiger partial charge is 0.410 e. The lowest BCUT2D eigenvalue weighted by atomic mass is 9.96. The average molecular weight is 305 g/mol. The number of aromatic nitrogens is 1. The number of aryl methyl sites for hydroxylation is 1. The zero-order chi connectivity index (χ0) is 16.3. The van der Waals surface area contributed by atoms with E-state index in [9.17, 15) is 4.79 Å². The molecule has 1 fully saturated rings. The van der Waals surface area contributed by atoms with Gasteiger partial charge in [-0.3, -0.25) is 0 Å². The van der Waals surface area contributed by atoms with Crippen LogP contribution in [0.2, 0.25) is 0 Å². The molecule has 2 rings (SSSR count). The van der Waals surface area contributed by atoms with Gasteiger partial charge in [0, 0.05) is 19.8 Å². The van der Waals surface area contributed by atoms with Crippen LogP contribution in [0.4, 0.5) is 10.6 Å². The Bertz CT molecular complexity index is 537. The van der Waals surface area contributed by atoms with E-state index >= 15 is 0 Å². The van der Waals surface area contributed by atoms with Crippen LogP contribution >= 0.6 is 0 Å². The molecule has 0 radical (unpaired) electrons. The summed E-state index contributed by atoms with van der Waals surface area (Å²) in [5, 5.41) is 3.07. The van der Waals surface area contributed by atoms with Gasteiger partial charge in [0.2, 0.25) is 0 Å². The summed E-state index contributed by atoms with van der Waals surface area (Å²) in [7, 11) is 1.86. The summed E-state index contributed by atoms with van der Waals surface area (Å²) in [6.07, 6.45) is 4.74. The van der Waals surface area contributed by atoms with E-state index in [0.717, 1.165) is 42.8 Å². The van der Waals surface area contributed by atoms with Crippen LogP contribution in [0.5, 0.6) is 0 Å². The fourth-order valence-electron chi connectivity index (χ4n) is 2.86. The van der Waals surface area contributed by atoms with Gasteiger partial charge in [0.1, 0.15) is 11.4 Å². The summed E-state index contributed by atoms with van der Waals surface area (Å²) < 4.78 is 5.56. The highest BCUT2D eigenvalue weighted by Crippen LogP contribution is 2.33. The van der Waals surface area contributed by atoms with Gasteiger partial charge in [0.25, 0.3) is 0 Å². The van der Waals surface area contributed by atoms with Crippen molar-refractivity contribution in [2.24, 2.45) is 0 Å². The van der Waals surface area contributed by atoms with Gasteiger partial charge in [-0.25, -0.2) is 9.78 Å². The monoisotopic (exact) mass is 305 g/mol. The molecule has 0 aromatic carbocycles. The van der Waals surface area contributed by atoms with Crippen molar-refractivity contribution >= 4 is 11.9 Å². The number of carbonyl (C=O) groups is 1. The predicted octanol–water partition coefficient (Wildman–Crippen LogP) is 3.89. The second-order valence-corrected chi connectivity index (χ2v) is 6.87. The normalized spacial score (nSPS) is 19.0. The lowest BCUT2D eigenvalue weighted by Gasteiger charge is -2.37. The predicted molar refractivity (Wildman–Crippen MR) is 88.1 cm³/mol. The van der Waals surface area contributed by atoms with Crippen molar-refractivity contribution in [1.82, 2.24) is 9.88 Å². The van der Waals surface area contributed by atoms with Gasteiger partial charge in [-0.05, 0) is 64.2 Å². The Morgan fingerprint density at radius 1 is 1.41 bits per heavy atom. The van der Waals surface area contributed by atoms with Crippen molar-refractivity contribution < 1.29 is 9.53 Å². The summed E-state index contributed by atoms with van der Waals surface area (Å²) in [4.78, 5) is 18.8. The number of carbonyl (C=O) groups excluding carboxylic acids is 1. The first kappa shape index (κ1) is 16.6. The van der Waals surface area contributed by atoms with Crippen molar-refractivity contribution in [3.63, 3.8) is 0 Å². The zero-order valence-electron chi connectivity index (χ0n) is 14.3. The van der Waals surface area contributed by atoms with Crippen LogP contribution in [0, 0.1) is 6.92 Å². The van der Waals surface area contributed by atoms with Gasteiger partial charge in [0.15, 0.2) is 0 Å². The number of likely N-dealkylation sites (tertiary alicyclic amines) is 1. The minimum absolute atomic E-state index is 0.0562. The van der Waals surface area contributed by atoms with Crippen molar-refractivity contribution in [3.8, 4) is 0 Å². The van der Waals surface area contributed by atoms with Crippen molar-refractivity contribution in [2.45, 2.75) is 58.6 Å². The van der Waals surface area contributed by atoms with Crippen LogP contribution in [0.15, 0.2) is 12.3 Å². The number of nitrogens with one attached hydrogen (secondary N) is 1. The lowest BCUT2D eigenvalue weighted by molar-refractivity contribution is 0.00947. The Hall–Kier alpha value is -1.78. The molecule has 1 atom stereocenters. The van der Waals surface area contributed by atoms with Gasteiger partial charge in [-0.1, -0.05) is 0 Å². The van der Waals surface area contributed by atoms with E-state index in [4.69, 9.17) is 4.74 Å². The third-order valence-electron chi connectivity index (χ3n) is 3.85. The molecule has 22 heavy (non-hydrogen) atoms. The number of piperidine rings is 1. The van der Waals surface area contributed by atoms with Crippen LogP contribution in [0.1, 0.15) is 57.2 Å². The maximum Gasteiger partial charge on any atom is 0.410 e. The third-order valence-corrected chi connectivity index (χ3v) is 3.85. The summed E-state index contributed by atoms with van der Waals surface area (Å²) in [5.41, 5.74) is 1.71. The van der Waals surface area contributed by atoms with E-state index in [-0.39, 0.29) is 12.1 Å². The number of amides is 1. The first-order valence-electron chi connectivity index (χ1n) is 7.96. The number of nitrogens with zero attached hydrogens (tertiary/aromatic N) is 2. The van der Waals surface area contributed by atoms with E-state index in [1.807, 2.05) is 45.8 Å². The second-order valence-electron chi connectivity index (χ2n) is 6.87. The Balaban J connectivity index is 2.22. The van der Waals surface area contributed by atoms with Crippen LogP contribution in [0.3, 0.4) is 0 Å². The van der Waals surface area contributed by atoms with E-state index < -0.39 is 5.60 Å². The molecule has 0 aliphatic carbocycles. The number of hydrogen-bond donors (Lipinski definition) is 1.